The third-order valence-electron chi connectivity index (χ3n) is 1.36. The average Bonchev–Trinajstić information content (AvgIpc) is 2.07. The smallest absolute Gasteiger partial charge is 0.312 e. The molecule has 76 valence electrons. The minimum atomic E-state index is -4.49. The molecule has 0 aliphatic rings. The maximum absolute atomic E-state index is 12.1. The van der Waals surface area contributed by atoms with Crippen LogP contribution in [0.2, 0.25) is 5.02 Å². The minimum Gasteiger partial charge on any atom is -0.312 e. The molecule has 0 bridgehead atoms. The van der Waals surface area contributed by atoms with E-state index in [9.17, 15) is 18.0 Å². The number of pyridine rings is 1. The fraction of sp³-hybridized carbons (Fsp3) is 0.143. The molecule has 0 saturated carbocycles. The Kier molecular flexibility index (Phi) is 2.95. The first-order valence-corrected chi connectivity index (χ1v) is 3.76. The Labute approximate surface area is 81.9 Å². The van der Waals surface area contributed by atoms with E-state index in [-0.39, 0.29) is 17.3 Å². The highest BCUT2D eigenvalue weighted by molar-refractivity contribution is 6.33. The molecule has 7 heteroatoms. The van der Waals surface area contributed by atoms with Gasteiger partial charge in [0.05, 0.1) is 10.6 Å². The second kappa shape index (κ2) is 3.83. The summed E-state index contributed by atoms with van der Waals surface area (Å²) in [5.41, 5.74) is -0.959. The molecule has 3 nitrogen and oxygen atoms in total. The number of anilines is 1. The number of carbonyl (C=O) groups is 1. The first-order valence-electron chi connectivity index (χ1n) is 3.38. The summed E-state index contributed by atoms with van der Waals surface area (Å²) in [6.07, 6.45) is -3.62. The summed E-state index contributed by atoms with van der Waals surface area (Å²) >= 11 is 5.43. The van der Waals surface area contributed by atoms with Crippen molar-refractivity contribution in [2.45, 2.75) is 6.18 Å². The summed E-state index contributed by atoms with van der Waals surface area (Å²) in [6, 6.07) is 0.695. The van der Waals surface area contributed by atoms with Crippen molar-refractivity contribution in [3.63, 3.8) is 0 Å². The molecule has 0 radical (unpaired) electrons. The van der Waals surface area contributed by atoms with E-state index in [1.807, 2.05) is 0 Å². The Morgan fingerprint density at radius 1 is 1.50 bits per heavy atom. The zero-order valence-electron chi connectivity index (χ0n) is 6.60. The Balaban J connectivity index is 3.06. The number of hydrogen-bond donors (Lipinski definition) is 1. The molecule has 0 atom stereocenters. The zero-order chi connectivity index (χ0) is 10.8. The number of rotatable bonds is 2. The van der Waals surface area contributed by atoms with Gasteiger partial charge >= 0.3 is 6.18 Å². The lowest BCUT2D eigenvalue weighted by molar-refractivity contribution is -0.137. The van der Waals surface area contributed by atoms with Gasteiger partial charge < -0.3 is 5.32 Å². The van der Waals surface area contributed by atoms with Crippen molar-refractivity contribution in [3.05, 3.63) is 22.8 Å². The molecular formula is C7H4ClF3N2O. The molecule has 14 heavy (non-hydrogen) atoms. The van der Waals surface area contributed by atoms with Gasteiger partial charge in [0.1, 0.15) is 0 Å². The predicted molar refractivity (Wildman–Crippen MR) is 43.9 cm³/mol. The summed E-state index contributed by atoms with van der Waals surface area (Å²) in [6.45, 7) is 0. The van der Waals surface area contributed by atoms with Crippen molar-refractivity contribution < 1.29 is 18.0 Å². The third kappa shape index (κ3) is 2.35. The van der Waals surface area contributed by atoms with Crippen LogP contribution < -0.4 is 5.32 Å². The number of nitrogens with zero attached hydrogens (tertiary/aromatic N) is 1. The molecule has 1 heterocycles. The highest BCUT2D eigenvalue weighted by Crippen LogP contribution is 2.32. The van der Waals surface area contributed by atoms with Crippen molar-refractivity contribution in [1.29, 1.82) is 0 Å². The van der Waals surface area contributed by atoms with Crippen LogP contribution >= 0.6 is 11.6 Å². The summed E-state index contributed by atoms with van der Waals surface area (Å²) in [4.78, 5) is 13.3. The number of nitrogens with one attached hydrogen (secondary N) is 1. The third-order valence-corrected chi connectivity index (χ3v) is 1.65. The molecule has 0 aromatic carbocycles. The molecule has 0 fully saturated rings. The zero-order valence-corrected chi connectivity index (χ0v) is 7.36. The van der Waals surface area contributed by atoms with E-state index >= 15 is 0 Å². The van der Waals surface area contributed by atoms with Gasteiger partial charge in [0.15, 0.2) is 5.82 Å². The van der Waals surface area contributed by atoms with Crippen LogP contribution in [0, 0.1) is 0 Å². The first kappa shape index (κ1) is 10.8. The van der Waals surface area contributed by atoms with Crippen LogP contribution in [0.1, 0.15) is 5.56 Å². The van der Waals surface area contributed by atoms with E-state index in [1.54, 1.807) is 0 Å². The van der Waals surface area contributed by atoms with Crippen molar-refractivity contribution in [3.8, 4) is 0 Å². The second-order valence-corrected chi connectivity index (χ2v) is 2.72. The highest BCUT2D eigenvalue weighted by Gasteiger charge is 2.31. The molecular weight excluding hydrogens is 221 g/mol. The van der Waals surface area contributed by atoms with Crippen LogP contribution in [-0.2, 0) is 11.0 Å². The van der Waals surface area contributed by atoms with Gasteiger partial charge in [0.25, 0.3) is 0 Å². The van der Waals surface area contributed by atoms with Crippen molar-refractivity contribution in [2.24, 2.45) is 0 Å². The fourth-order valence-electron chi connectivity index (χ4n) is 0.755. The lowest BCUT2D eigenvalue weighted by atomic mass is 10.3. The Hall–Kier alpha value is -1.30. The monoisotopic (exact) mass is 224 g/mol. The molecule has 1 aromatic heterocycles. The van der Waals surface area contributed by atoms with Gasteiger partial charge in [-0.2, -0.15) is 13.2 Å². The Morgan fingerprint density at radius 3 is 2.57 bits per heavy atom. The molecule has 0 unspecified atom stereocenters. The number of aromatic nitrogens is 1. The Morgan fingerprint density at radius 2 is 2.14 bits per heavy atom. The van der Waals surface area contributed by atoms with Gasteiger partial charge in [0, 0.05) is 6.20 Å². The fourth-order valence-corrected chi connectivity index (χ4v) is 0.976. The lowest BCUT2D eigenvalue weighted by Crippen LogP contribution is -2.07. The SMILES string of the molecule is O=CNc1ncc(C(F)(F)F)cc1Cl. The summed E-state index contributed by atoms with van der Waals surface area (Å²) < 4.78 is 36.3. The average molecular weight is 225 g/mol. The van der Waals surface area contributed by atoms with Gasteiger partial charge in [-0.25, -0.2) is 4.98 Å². The van der Waals surface area contributed by atoms with Crippen LogP contribution in [0.5, 0.6) is 0 Å². The van der Waals surface area contributed by atoms with E-state index in [1.165, 1.54) is 0 Å². The highest BCUT2D eigenvalue weighted by atomic mass is 35.5. The minimum absolute atomic E-state index is 0.102. The van der Waals surface area contributed by atoms with Gasteiger partial charge in [0.2, 0.25) is 6.41 Å². The quantitative estimate of drug-likeness (QED) is 0.784. The topological polar surface area (TPSA) is 42.0 Å². The molecule has 0 saturated heterocycles. The van der Waals surface area contributed by atoms with E-state index in [0.717, 1.165) is 0 Å². The summed E-state index contributed by atoms with van der Waals surface area (Å²) in [7, 11) is 0. The van der Waals surface area contributed by atoms with Gasteiger partial charge in [-0.15, -0.1) is 0 Å². The maximum Gasteiger partial charge on any atom is 0.417 e. The van der Waals surface area contributed by atoms with Gasteiger partial charge in [-0.1, -0.05) is 11.6 Å². The normalized spacial score (nSPS) is 11.1. The summed E-state index contributed by atoms with van der Waals surface area (Å²) in [5.74, 6) is -0.102. The lowest BCUT2D eigenvalue weighted by Gasteiger charge is -2.07. The molecule has 1 N–H and O–H groups in total. The van der Waals surface area contributed by atoms with E-state index < -0.39 is 11.7 Å². The first-order chi connectivity index (χ1) is 6.45. The van der Waals surface area contributed by atoms with E-state index in [0.29, 0.717) is 12.3 Å². The molecule has 0 aliphatic carbocycles. The summed E-state index contributed by atoms with van der Waals surface area (Å²) in [5, 5.41) is 1.81. The van der Waals surface area contributed by atoms with Crippen LogP contribution in [0.15, 0.2) is 12.3 Å². The van der Waals surface area contributed by atoms with Crippen molar-refractivity contribution in [1.82, 2.24) is 4.98 Å². The molecule has 1 aromatic rings. The number of alkyl halides is 3. The molecule has 1 amide bonds. The Bertz CT molecular complexity index is 353. The number of carbonyl (C=O) groups excluding carboxylic acids is 1. The van der Waals surface area contributed by atoms with Gasteiger partial charge in [-0.3, -0.25) is 4.79 Å². The van der Waals surface area contributed by atoms with Crippen molar-refractivity contribution >= 4 is 23.8 Å². The van der Waals surface area contributed by atoms with Crippen LogP contribution in [0.3, 0.4) is 0 Å². The van der Waals surface area contributed by atoms with Crippen LogP contribution in [-0.4, -0.2) is 11.4 Å². The predicted octanol–water partition coefficient (Wildman–Crippen LogP) is 2.32. The number of amides is 1. The number of hydrogen-bond acceptors (Lipinski definition) is 2. The van der Waals surface area contributed by atoms with Crippen molar-refractivity contribution in [2.75, 3.05) is 5.32 Å². The maximum atomic E-state index is 12.1. The second-order valence-electron chi connectivity index (χ2n) is 2.31. The standard InChI is InChI=1S/C7H4ClF3N2O/c8-5-1-4(7(9,10)11)2-12-6(5)13-3-14/h1-3H,(H,12,13,14). The largest absolute Gasteiger partial charge is 0.417 e. The molecule has 0 aliphatic heterocycles. The van der Waals surface area contributed by atoms with Crippen LogP contribution in [0.4, 0.5) is 19.0 Å². The van der Waals surface area contributed by atoms with E-state index in [2.05, 4.69) is 10.3 Å². The number of halogens is 4. The van der Waals surface area contributed by atoms with Gasteiger partial charge in [-0.05, 0) is 6.07 Å². The van der Waals surface area contributed by atoms with E-state index in [4.69, 9.17) is 11.6 Å². The molecule has 0 spiro atoms. The molecule has 1 rings (SSSR count). The van der Waals surface area contributed by atoms with Crippen LogP contribution in [0.25, 0.3) is 0 Å².